The number of methoxy groups -OCH3 is 1. The molecule has 0 aliphatic heterocycles. The van der Waals surface area contributed by atoms with E-state index in [9.17, 15) is 4.79 Å². The zero-order valence-corrected chi connectivity index (χ0v) is 12.1. The van der Waals surface area contributed by atoms with Crippen LogP contribution in [0.1, 0.15) is 5.56 Å². The van der Waals surface area contributed by atoms with E-state index >= 15 is 0 Å². The fraction of sp³-hybridized carbons (Fsp3) is 0.231. The number of amides is 1. The lowest BCUT2D eigenvalue weighted by atomic mass is 10.2. The molecule has 0 atom stereocenters. The molecule has 0 radical (unpaired) electrons. The summed E-state index contributed by atoms with van der Waals surface area (Å²) in [6, 6.07) is 7.26. The molecule has 0 spiro atoms. The van der Waals surface area contributed by atoms with E-state index in [2.05, 4.69) is 10.6 Å². The van der Waals surface area contributed by atoms with E-state index < -0.39 is 0 Å². The first kappa shape index (κ1) is 15.6. The predicted molar refractivity (Wildman–Crippen MR) is 81.1 cm³/mol. The minimum absolute atomic E-state index is 0.269. The molecule has 1 aromatic rings. The van der Waals surface area contributed by atoms with Crippen LogP contribution < -0.4 is 10.6 Å². The van der Waals surface area contributed by atoms with Crippen molar-refractivity contribution in [3.8, 4) is 0 Å². The molecule has 1 rings (SSSR count). The molecule has 0 saturated carbocycles. The van der Waals surface area contributed by atoms with Crippen LogP contribution >= 0.6 is 23.8 Å². The lowest BCUT2D eigenvalue weighted by Crippen LogP contribution is -2.39. The van der Waals surface area contributed by atoms with Crippen LogP contribution in [0.15, 0.2) is 30.3 Å². The third-order valence-corrected chi connectivity index (χ3v) is 2.74. The summed E-state index contributed by atoms with van der Waals surface area (Å²) in [7, 11) is 1.59. The van der Waals surface area contributed by atoms with Crippen LogP contribution in [0.2, 0.25) is 5.02 Å². The first-order chi connectivity index (χ1) is 9.13. The van der Waals surface area contributed by atoms with Crippen LogP contribution in [0.3, 0.4) is 0 Å². The van der Waals surface area contributed by atoms with Crippen LogP contribution in [-0.2, 0) is 9.53 Å². The Balaban J connectivity index is 2.43. The smallest absolute Gasteiger partial charge is 0.250 e. The maximum Gasteiger partial charge on any atom is 0.250 e. The molecule has 0 heterocycles. The third kappa shape index (κ3) is 6.33. The molecule has 1 amide bonds. The maximum atomic E-state index is 11.6. The lowest BCUT2D eigenvalue weighted by Gasteiger charge is -2.06. The van der Waals surface area contributed by atoms with E-state index in [1.807, 2.05) is 18.2 Å². The maximum absolute atomic E-state index is 11.6. The van der Waals surface area contributed by atoms with Gasteiger partial charge in [-0.25, -0.2) is 0 Å². The molecule has 2 N–H and O–H groups in total. The van der Waals surface area contributed by atoms with Crippen molar-refractivity contribution in [1.82, 2.24) is 10.6 Å². The predicted octanol–water partition coefficient (Wildman–Crippen LogP) is 1.99. The summed E-state index contributed by atoms with van der Waals surface area (Å²) in [6.07, 6.45) is 3.01. The van der Waals surface area contributed by atoms with Gasteiger partial charge < -0.3 is 10.1 Å². The van der Waals surface area contributed by atoms with E-state index in [4.69, 9.17) is 28.6 Å². The molecular weight excluding hydrogens is 284 g/mol. The highest BCUT2D eigenvalue weighted by atomic mass is 35.5. The third-order valence-electron chi connectivity index (χ3n) is 2.15. The van der Waals surface area contributed by atoms with E-state index in [0.717, 1.165) is 5.56 Å². The van der Waals surface area contributed by atoms with Gasteiger partial charge >= 0.3 is 0 Å². The lowest BCUT2D eigenvalue weighted by molar-refractivity contribution is -0.115. The van der Waals surface area contributed by atoms with Crippen LogP contribution in [0, 0.1) is 0 Å². The minimum Gasteiger partial charge on any atom is -0.383 e. The molecule has 0 bridgehead atoms. The quantitative estimate of drug-likeness (QED) is 0.496. The molecule has 19 heavy (non-hydrogen) atoms. The van der Waals surface area contributed by atoms with Gasteiger partial charge in [0.1, 0.15) is 0 Å². The Labute approximate surface area is 122 Å². The number of nitrogens with one attached hydrogen (secondary N) is 2. The Bertz CT molecular complexity index is 477. The first-order valence-corrected chi connectivity index (χ1v) is 6.42. The Kier molecular flexibility index (Phi) is 7.10. The molecule has 0 saturated heterocycles. The summed E-state index contributed by atoms with van der Waals surface area (Å²) < 4.78 is 4.85. The summed E-state index contributed by atoms with van der Waals surface area (Å²) in [6.45, 7) is 1.06. The summed E-state index contributed by atoms with van der Waals surface area (Å²) in [5, 5.41) is 6.22. The number of hydrogen-bond donors (Lipinski definition) is 2. The molecule has 6 heteroatoms. The second kappa shape index (κ2) is 8.63. The van der Waals surface area contributed by atoms with Gasteiger partial charge in [-0.15, -0.1) is 0 Å². The van der Waals surface area contributed by atoms with E-state index in [1.54, 1.807) is 19.3 Å². The topological polar surface area (TPSA) is 50.4 Å². The van der Waals surface area contributed by atoms with Crippen molar-refractivity contribution in [2.45, 2.75) is 0 Å². The Morgan fingerprint density at radius 3 is 2.89 bits per heavy atom. The fourth-order valence-corrected chi connectivity index (χ4v) is 1.64. The highest BCUT2D eigenvalue weighted by Gasteiger charge is 2.00. The van der Waals surface area contributed by atoms with Gasteiger partial charge in [0.15, 0.2) is 5.11 Å². The van der Waals surface area contributed by atoms with E-state index in [-0.39, 0.29) is 11.0 Å². The summed E-state index contributed by atoms with van der Waals surface area (Å²) >= 11 is 10.9. The Hall–Kier alpha value is -1.43. The van der Waals surface area contributed by atoms with Gasteiger partial charge in [-0.1, -0.05) is 29.8 Å². The average molecular weight is 299 g/mol. The second-order valence-corrected chi connectivity index (χ2v) is 4.41. The van der Waals surface area contributed by atoms with Crippen LogP contribution in [0.25, 0.3) is 6.08 Å². The van der Waals surface area contributed by atoms with Crippen molar-refractivity contribution in [2.24, 2.45) is 0 Å². The van der Waals surface area contributed by atoms with Gasteiger partial charge in [0.2, 0.25) is 5.91 Å². The fourth-order valence-electron chi connectivity index (χ4n) is 1.24. The molecule has 1 aromatic carbocycles. The molecule has 0 unspecified atom stereocenters. The Morgan fingerprint density at radius 2 is 2.21 bits per heavy atom. The molecule has 0 fully saturated rings. The number of carbonyl (C=O) groups excluding carboxylic acids is 1. The van der Waals surface area contributed by atoms with Crippen molar-refractivity contribution in [3.63, 3.8) is 0 Å². The minimum atomic E-state index is -0.310. The second-order valence-electron chi connectivity index (χ2n) is 3.59. The summed E-state index contributed by atoms with van der Waals surface area (Å²) in [5.41, 5.74) is 0.776. The molecule has 0 aromatic heterocycles. The van der Waals surface area contributed by atoms with Gasteiger partial charge in [-0.05, 0) is 29.9 Å². The number of hydrogen-bond acceptors (Lipinski definition) is 3. The standard InChI is InChI=1S/C13H15ClN2O2S/c1-18-9-8-15-13(19)16-12(17)7-6-10-4-2-3-5-11(10)14/h2-7H,8-9H2,1H3,(H2,15,16,17,19). The monoisotopic (exact) mass is 298 g/mol. The van der Waals surface area contributed by atoms with Crippen molar-refractivity contribution < 1.29 is 9.53 Å². The van der Waals surface area contributed by atoms with E-state index in [0.29, 0.717) is 18.2 Å². The van der Waals surface area contributed by atoms with Gasteiger partial charge in [-0.3, -0.25) is 10.1 Å². The zero-order valence-electron chi connectivity index (χ0n) is 10.5. The van der Waals surface area contributed by atoms with Gasteiger partial charge in [-0.2, -0.15) is 0 Å². The first-order valence-electron chi connectivity index (χ1n) is 5.64. The Morgan fingerprint density at radius 1 is 1.47 bits per heavy atom. The number of thiocarbonyl (C=S) groups is 1. The van der Waals surface area contributed by atoms with Crippen molar-refractivity contribution in [3.05, 3.63) is 40.9 Å². The van der Waals surface area contributed by atoms with Crippen LogP contribution in [0.4, 0.5) is 0 Å². The van der Waals surface area contributed by atoms with Crippen LogP contribution in [0.5, 0.6) is 0 Å². The van der Waals surface area contributed by atoms with Gasteiger partial charge in [0, 0.05) is 24.8 Å². The molecule has 4 nitrogen and oxygen atoms in total. The zero-order chi connectivity index (χ0) is 14.1. The van der Waals surface area contributed by atoms with Crippen molar-refractivity contribution in [1.29, 1.82) is 0 Å². The largest absolute Gasteiger partial charge is 0.383 e. The van der Waals surface area contributed by atoms with E-state index in [1.165, 1.54) is 6.08 Å². The van der Waals surface area contributed by atoms with Gasteiger partial charge in [0.25, 0.3) is 0 Å². The number of benzene rings is 1. The summed E-state index contributed by atoms with van der Waals surface area (Å²) in [4.78, 5) is 11.6. The highest BCUT2D eigenvalue weighted by Crippen LogP contribution is 2.15. The van der Waals surface area contributed by atoms with Gasteiger partial charge in [0.05, 0.1) is 6.61 Å². The highest BCUT2D eigenvalue weighted by molar-refractivity contribution is 7.80. The number of halogens is 1. The SMILES string of the molecule is COCCNC(=S)NC(=O)C=Cc1ccccc1Cl. The molecule has 102 valence electrons. The summed E-state index contributed by atoms with van der Waals surface area (Å²) in [5.74, 6) is -0.310. The number of carbonyl (C=O) groups is 1. The normalized spacial score (nSPS) is 10.4. The van der Waals surface area contributed by atoms with Crippen molar-refractivity contribution >= 4 is 40.9 Å². The number of ether oxygens (including phenoxy) is 1. The molecule has 0 aliphatic carbocycles. The number of rotatable bonds is 5. The molecular formula is C13H15ClN2O2S. The molecule has 0 aliphatic rings. The van der Waals surface area contributed by atoms with Crippen molar-refractivity contribution in [2.75, 3.05) is 20.3 Å². The van der Waals surface area contributed by atoms with Crippen LogP contribution in [-0.4, -0.2) is 31.3 Å². The average Bonchev–Trinajstić information content (AvgIpc) is 2.38.